The first-order chi connectivity index (χ1) is 20.2. The van der Waals surface area contributed by atoms with E-state index in [1.165, 1.54) is 24.7 Å². The summed E-state index contributed by atoms with van der Waals surface area (Å²) in [6.07, 6.45) is 9.29. The highest BCUT2D eigenvalue weighted by Gasteiger charge is 2.44. The van der Waals surface area contributed by atoms with Crippen LogP contribution in [0.2, 0.25) is 0 Å². The van der Waals surface area contributed by atoms with E-state index in [9.17, 15) is 12.8 Å². The van der Waals surface area contributed by atoms with Gasteiger partial charge in [0, 0.05) is 30.3 Å². The number of hydrogen-bond acceptors (Lipinski definition) is 9. The Morgan fingerprint density at radius 1 is 1.17 bits per heavy atom. The van der Waals surface area contributed by atoms with Crippen LogP contribution in [0.3, 0.4) is 0 Å². The second kappa shape index (κ2) is 12.7. The Bertz CT molecular complexity index is 1710. The van der Waals surface area contributed by atoms with Gasteiger partial charge in [0.05, 0.1) is 39.9 Å². The highest BCUT2D eigenvalue weighted by molar-refractivity contribution is 9.10. The number of fused-ring (bicyclic) bond motifs is 1. The van der Waals surface area contributed by atoms with Crippen LogP contribution in [0.1, 0.15) is 31.0 Å². The van der Waals surface area contributed by atoms with Crippen LogP contribution in [-0.4, -0.2) is 48.0 Å². The Labute approximate surface area is 252 Å². The topological polar surface area (TPSA) is 115 Å². The number of rotatable bonds is 12. The zero-order chi connectivity index (χ0) is 29.7. The number of ether oxygens (including phenoxy) is 2. The summed E-state index contributed by atoms with van der Waals surface area (Å²) in [6.45, 7) is 2.57. The maximum atomic E-state index is 13.5. The Kier molecular flexibility index (Phi) is 9.05. The maximum Gasteiger partial charge on any atom is 0.168 e. The average Bonchev–Trinajstić information content (AvgIpc) is 3.45. The van der Waals surface area contributed by atoms with Crippen molar-refractivity contribution in [2.24, 2.45) is 0 Å². The third kappa shape index (κ3) is 6.88. The zero-order valence-electron chi connectivity index (χ0n) is 23.2. The molecule has 2 atom stereocenters. The summed E-state index contributed by atoms with van der Waals surface area (Å²) in [5.41, 5.74) is 2.04. The second-order valence-corrected chi connectivity index (χ2v) is 13.2. The van der Waals surface area contributed by atoms with Gasteiger partial charge in [-0.05, 0) is 70.4 Å². The molecule has 2 unspecified atom stereocenters. The van der Waals surface area contributed by atoms with Crippen LogP contribution < -0.4 is 15.4 Å². The summed E-state index contributed by atoms with van der Waals surface area (Å²) in [6, 6.07) is 13.6. The normalized spacial score (nSPS) is 17.2. The largest absolute Gasteiger partial charge is 0.488 e. The number of benzene rings is 2. The van der Waals surface area contributed by atoms with Crippen LogP contribution in [0, 0.1) is 5.82 Å². The van der Waals surface area contributed by atoms with Crippen LogP contribution in [0.4, 0.5) is 15.9 Å². The molecule has 2 aromatic heterocycles. The van der Waals surface area contributed by atoms with E-state index in [0.717, 1.165) is 21.1 Å². The number of halogens is 2. The van der Waals surface area contributed by atoms with E-state index in [1.807, 2.05) is 43.3 Å². The molecule has 2 aromatic carbocycles. The van der Waals surface area contributed by atoms with Gasteiger partial charge in [-0.3, -0.25) is 4.98 Å². The second-order valence-electron chi connectivity index (χ2n) is 10.1. The molecule has 0 aliphatic carbocycles. The van der Waals surface area contributed by atoms with Crippen molar-refractivity contribution < 1.29 is 22.3 Å². The van der Waals surface area contributed by atoms with E-state index in [-0.39, 0.29) is 24.2 Å². The summed E-state index contributed by atoms with van der Waals surface area (Å²) in [4.78, 5) is 13.6. The average molecular weight is 657 g/mol. The Balaban J connectivity index is 1.39. The molecule has 12 heteroatoms. The maximum absolute atomic E-state index is 13.5. The minimum atomic E-state index is -3.11. The summed E-state index contributed by atoms with van der Waals surface area (Å²) < 4.78 is 49.7. The van der Waals surface area contributed by atoms with Gasteiger partial charge in [-0.25, -0.2) is 22.8 Å². The molecule has 42 heavy (non-hydrogen) atoms. The van der Waals surface area contributed by atoms with Crippen LogP contribution >= 0.6 is 15.9 Å². The lowest BCUT2D eigenvalue weighted by molar-refractivity contribution is -0.00221. The lowest BCUT2D eigenvalue weighted by Gasteiger charge is -2.36. The molecule has 9 nitrogen and oxygen atoms in total. The fraction of sp³-hybridized carbons (Fsp3) is 0.300. The molecule has 0 spiro atoms. The fourth-order valence-electron chi connectivity index (χ4n) is 4.98. The highest BCUT2D eigenvalue weighted by Crippen LogP contribution is 2.40. The van der Waals surface area contributed by atoms with Gasteiger partial charge in [0.1, 0.15) is 40.2 Å². The first-order valence-corrected chi connectivity index (χ1v) is 16.3. The van der Waals surface area contributed by atoms with Gasteiger partial charge in [-0.2, -0.15) is 0 Å². The van der Waals surface area contributed by atoms with Crippen molar-refractivity contribution in [2.45, 2.75) is 38.0 Å². The summed E-state index contributed by atoms with van der Waals surface area (Å²) in [7, 11) is -3.11. The predicted molar refractivity (Wildman–Crippen MR) is 164 cm³/mol. The van der Waals surface area contributed by atoms with E-state index in [2.05, 4.69) is 36.5 Å². The standard InChI is InChI=1S/C30H31BrFN5O4S/c1-3-27(33-11-13-42(2,38)39)30(10-5-12-41-30)28-16-23-25(17-34-28)35-19-36-29(23)37-22-8-9-26(24(31)15-22)40-18-20-6-4-7-21(32)14-20/h4-9,12,14-17,19,27,33H,3,10-11,13,18H2,1-2H3,(H,35,36,37). The van der Waals surface area contributed by atoms with Crippen molar-refractivity contribution in [1.82, 2.24) is 20.3 Å². The van der Waals surface area contributed by atoms with Crippen LogP contribution in [0.15, 0.2) is 77.9 Å². The highest BCUT2D eigenvalue weighted by atomic mass is 79.9. The SMILES string of the molecule is CCC(NCCS(C)(=O)=O)C1(c2cc3c(Nc4ccc(OCc5cccc(F)c5)c(Br)c4)ncnc3cn2)CC=CO1. The first kappa shape index (κ1) is 29.9. The van der Waals surface area contributed by atoms with Crippen LogP contribution in [0.25, 0.3) is 10.9 Å². The molecule has 0 radical (unpaired) electrons. The Hall–Kier alpha value is -3.61. The molecule has 0 amide bonds. The number of pyridine rings is 1. The molecule has 3 heterocycles. The molecule has 220 valence electrons. The molecule has 0 bridgehead atoms. The van der Waals surface area contributed by atoms with Crippen molar-refractivity contribution in [3.05, 3.63) is 94.9 Å². The Morgan fingerprint density at radius 2 is 2.02 bits per heavy atom. The van der Waals surface area contributed by atoms with E-state index in [0.29, 0.717) is 42.2 Å². The van der Waals surface area contributed by atoms with Crippen molar-refractivity contribution in [3.8, 4) is 5.75 Å². The molecule has 1 aliphatic heterocycles. The molecule has 2 N–H and O–H groups in total. The fourth-order valence-corrected chi connectivity index (χ4v) is 5.96. The van der Waals surface area contributed by atoms with Crippen molar-refractivity contribution in [3.63, 3.8) is 0 Å². The van der Waals surface area contributed by atoms with Gasteiger partial charge in [-0.1, -0.05) is 19.1 Å². The lowest BCUT2D eigenvalue weighted by atomic mass is 9.85. The first-order valence-electron chi connectivity index (χ1n) is 13.5. The number of anilines is 2. The van der Waals surface area contributed by atoms with E-state index in [4.69, 9.17) is 14.5 Å². The summed E-state index contributed by atoms with van der Waals surface area (Å²) in [5, 5.41) is 7.50. The minimum Gasteiger partial charge on any atom is -0.488 e. The molecule has 0 saturated heterocycles. The summed E-state index contributed by atoms with van der Waals surface area (Å²) in [5.74, 6) is 0.929. The number of nitrogens with zero attached hydrogens (tertiary/aromatic N) is 3. The molecule has 5 rings (SSSR count). The van der Waals surface area contributed by atoms with Gasteiger partial charge in [0.25, 0.3) is 0 Å². The number of aromatic nitrogens is 3. The van der Waals surface area contributed by atoms with E-state index < -0.39 is 15.4 Å². The molecule has 0 saturated carbocycles. The van der Waals surface area contributed by atoms with Crippen LogP contribution in [-0.2, 0) is 26.8 Å². The van der Waals surface area contributed by atoms with Gasteiger partial charge in [0.2, 0.25) is 0 Å². The third-order valence-electron chi connectivity index (χ3n) is 7.06. The molecule has 0 fully saturated rings. The number of hydrogen-bond donors (Lipinski definition) is 2. The van der Waals surface area contributed by atoms with Crippen molar-refractivity contribution in [2.75, 3.05) is 23.9 Å². The van der Waals surface area contributed by atoms with E-state index in [1.54, 1.807) is 18.5 Å². The number of nitrogens with one attached hydrogen (secondary N) is 2. The van der Waals surface area contributed by atoms with Crippen LogP contribution in [0.5, 0.6) is 5.75 Å². The minimum absolute atomic E-state index is 0.0320. The molecule has 4 aromatic rings. The predicted octanol–water partition coefficient (Wildman–Crippen LogP) is 5.79. The Morgan fingerprint density at radius 3 is 2.74 bits per heavy atom. The van der Waals surface area contributed by atoms with Gasteiger partial charge in [-0.15, -0.1) is 0 Å². The lowest BCUT2D eigenvalue weighted by Crippen LogP contribution is -2.49. The van der Waals surface area contributed by atoms with Gasteiger partial charge in [0.15, 0.2) is 5.60 Å². The quantitative estimate of drug-likeness (QED) is 0.196. The van der Waals surface area contributed by atoms with Crippen molar-refractivity contribution in [1.29, 1.82) is 0 Å². The zero-order valence-corrected chi connectivity index (χ0v) is 25.6. The number of sulfone groups is 1. The van der Waals surface area contributed by atoms with E-state index >= 15 is 0 Å². The van der Waals surface area contributed by atoms with Gasteiger partial charge >= 0.3 is 0 Å². The summed E-state index contributed by atoms with van der Waals surface area (Å²) >= 11 is 3.57. The third-order valence-corrected chi connectivity index (χ3v) is 8.63. The van der Waals surface area contributed by atoms with Gasteiger partial charge < -0.3 is 20.1 Å². The monoisotopic (exact) mass is 655 g/mol. The molecule has 1 aliphatic rings. The van der Waals surface area contributed by atoms with Crippen molar-refractivity contribution >= 4 is 48.2 Å². The molecular weight excluding hydrogens is 625 g/mol. The smallest absolute Gasteiger partial charge is 0.168 e. The molecular formula is C30H31BrFN5O4S.